The number of hydrogen-bond acceptors (Lipinski definition) is 3. The molecule has 0 spiro atoms. The van der Waals surface area contributed by atoms with Crippen molar-refractivity contribution in [2.45, 2.75) is 13.3 Å². The van der Waals surface area contributed by atoms with E-state index in [-0.39, 0.29) is 5.91 Å². The van der Waals surface area contributed by atoms with Gasteiger partial charge in [-0.1, -0.05) is 0 Å². The van der Waals surface area contributed by atoms with Crippen molar-refractivity contribution in [2.24, 2.45) is 0 Å². The summed E-state index contributed by atoms with van der Waals surface area (Å²) >= 11 is 3.29. The average Bonchev–Trinajstić information content (AvgIpc) is 2.24. The van der Waals surface area contributed by atoms with Crippen LogP contribution in [0.15, 0.2) is 22.7 Å². The molecule has 1 aromatic carbocycles. The summed E-state index contributed by atoms with van der Waals surface area (Å²) in [6.07, 6.45) is 0.351. The van der Waals surface area contributed by atoms with Crippen molar-refractivity contribution in [1.82, 2.24) is 0 Å². The van der Waals surface area contributed by atoms with Gasteiger partial charge in [0.2, 0.25) is 5.91 Å². The van der Waals surface area contributed by atoms with Crippen molar-refractivity contribution in [3.8, 4) is 0 Å². The zero-order chi connectivity index (χ0) is 12.0. The lowest BCUT2D eigenvalue weighted by Gasteiger charge is -2.06. The van der Waals surface area contributed by atoms with Crippen LogP contribution in [0.4, 0.5) is 11.4 Å². The van der Waals surface area contributed by atoms with E-state index in [0.29, 0.717) is 31.0 Å². The number of nitrogen functional groups attached to an aromatic ring is 1. The topological polar surface area (TPSA) is 64.3 Å². The molecule has 0 radical (unpaired) electrons. The molecule has 1 amide bonds. The highest BCUT2D eigenvalue weighted by atomic mass is 79.9. The van der Waals surface area contributed by atoms with Gasteiger partial charge in [0.25, 0.3) is 0 Å². The van der Waals surface area contributed by atoms with Crippen LogP contribution in [-0.2, 0) is 9.53 Å². The number of nitrogens with one attached hydrogen (secondary N) is 1. The summed E-state index contributed by atoms with van der Waals surface area (Å²) in [6, 6.07) is 5.30. The molecule has 1 rings (SSSR count). The lowest BCUT2D eigenvalue weighted by Crippen LogP contribution is -2.14. The van der Waals surface area contributed by atoms with E-state index in [1.807, 2.05) is 6.92 Å². The Morgan fingerprint density at radius 3 is 2.94 bits per heavy atom. The van der Waals surface area contributed by atoms with E-state index >= 15 is 0 Å². The summed E-state index contributed by atoms with van der Waals surface area (Å²) in [6.45, 7) is 2.96. The number of anilines is 2. The van der Waals surface area contributed by atoms with Crippen LogP contribution in [-0.4, -0.2) is 19.1 Å². The number of carbonyl (C=O) groups excluding carboxylic acids is 1. The number of carbonyl (C=O) groups is 1. The van der Waals surface area contributed by atoms with Gasteiger partial charge in [0.15, 0.2) is 0 Å². The Balaban J connectivity index is 2.46. The fourth-order valence-corrected chi connectivity index (χ4v) is 1.40. The minimum absolute atomic E-state index is 0.0739. The number of halogens is 1. The maximum absolute atomic E-state index is 11.4. The second-order valence-corrected chi connectivity index (χ2v) is 4.09. The van der Waals surface area contributed by atoms with E-state index < -0.39 is 0 Å². The van der Waals surface area contributed by atoms with Crippen LogP contribution < -0.4 is 11.1 Å². The number of amides is 1. The minimum atomic E-state index is -0.0739. The monoisotopic (exact) mass is 286 g/mol. The van der Waals surface area contributed by atoms with Crippen molar-refractivity contribution >= 4 is 33.2 Å². The molecule has 0 heterocycles. The third kappa shape index (κ3) is 4.20. The fraction of sp³-hybridized carbons (Fsp3) is 0.364. The lowest BCUT2D eigenvalue weighted by molar-refractivity contribution is -0.117. The predicted molar refractivity (Wildman–Crippen MR) is 68.3 cm³/mol. The summed E-state index contributed by atoms with van der Waals surface area (Å²) in [7, 11) is 0. The molecule has 0 bridgehead atoms. The maximum Gasteiger partial charge on any atom is 0.226 e. The average molecular weight is 287 g/mol. The van der Waals surface area contributed by atoms with Crippen LogP contribution in [0.2, 0.25) is 0 Å². The van der Waals surface area contributed by atoms with Crippen molar-refractivity contribution in [2.75, 3.05) is 24.3 Å². The van der Waals surface area contributed by atoms with E-state index in [4.69, 9.17) is 10.5 Å². The Labute approximate surface area is 103 Å². The minimum Gasteiger partial charge on any atom is -0.398 e. The fourth-order valence-electron chi connectivity index (χ4n) is 1.15. The molecule has 0 fully saturated rings. The Bertz CT molecular complexity index is 369. The summed E-state index contributed by atoms with van der Waals surface area (Å²) < 4.78 is 5.91. The van der Waals surface area contributed by atoms with Gasteiger partial charge in [-0.3, -0.25) is 4.79 Å². The zero-order valence-electron chi connectivity index (χ0n) is 9.13. The third-order valence-corrected chi connectivity index (χ3v) is 2.68. The van der Waals surface area contributed by atoms with Crippen LogP contribution >= 0.6 is 15.9 Å². The first-order valence-corrected chi connectivity index (χ1v) is 5.85. The van der Waals surface area contributed by atoms with E-state index in [1.165, 1.54) is 0 Å². The first-order chi connectivity index (χ1) is 7.63. The molecule has 1 aromatic rings. The van der Waals surface area contributed by atoms with E-state index in [1.54, 1.807) is 18.2 Å². The molecule has 0 saturated carbocycles. The highest BCUT2D eigenvalue weighted by Gasteiger charge is 2.03. The van der Waals surface area contributed by atoms with Gasteiger partial charge < -0.3 is 15.8 Å². The van der Waals surface area contributed by atoms with Crippen LogP contribution in [0, 0.1) is 0 Å². The largest absolute Gasteiger partial charge is 0.398 e. The van der Waals surface area contributed by atoms with E-state index in [9.17, 15) is 4.79 Å². The molecule has 5 heteroatoms. The normalized spacial score (nSPS) is 10.1. The summed E-state index contributed by atoms with van der Waals surface area (Å²) in [5.74, 6) is -0.0739. The Hall–Kier alpha value is -1.07. The third-order valence-electron chi connectivity index (χ3n) is 1.96. The Morgan fingerprint density at radius 2 is 2.31 bits per heavy atom. The van der Waals surface area contributed by atoms with Gasteiger partial charge in [-0.25, -0.2) is 0 Å². The summed E-state index contributed by atoms with van der Waals surface area (Å²) in [5.41, 5.74) is 6.99. The molecule has 3 N–H and O–H groups in total. The molecule has 0 aromatic heterocycles. The number of nitrogens with two attached hydrogens (primary N) is 1. The summed E-state index contributed by atoms with van der Waals surface area (Å²) in [4.78, 5) is 11.4. The predicted octanol–water partition coefficient (Wildman–Crippen LogP) is 2.40. The van der Waals surface area contributed by atoms with E-state index in [0.717, 1.165) is 4.47 Å². The molecule has 0 aliphatic rings. The van der Waals surface area contributed by atoms with Gasteiger partial charge in [0.1, 0.15) is 0 Å². The van der Waals surface area contributed by atoms with Gasteiger partial charge in [-0.05, 0) is 41.1 Å². The molecule has 4 nitrogen and oxygen atoms in total. The van der Waals surface area contributed by atoms with Crippen molar-refractivity contribution in [3.63, 3.8) is 0 Å². The molecule has 0 aliphatic heterocycles. The van der Waals surface area contributed by atoms with Crippen LogP contribution in [0.5, 0.6) is 0 Å². The molecule has 0 saturated heterocycles. The molecule has 0 atom stereocenters. The molecule has 0 unspecified atom stereocenters. The Morgan fingerprint density at radius 1 is 1.56 bits per heavy atom. The first kappa shape index (κ1) is 13.0. The first-order valence-electron chi connectivity index (χ1n) is 5.06. The molecule has 16 heavy (non-hydrogen) atoms. The Kier molecular flexibility index (Phi) is 5.28. The smallest absolute Gasteiger partial charge is 0.226 e. The number of benzene rings is 1. The van der Waals surface area contributed by atoms with E-state index in [2.05, 4.69) is 21.2 Å². The second-order valence-electron chi connectivity index (χ2n) is 3.23. The number of ether oxygens (including phenoxy) is 1. The SMILES string of the molecule is CCOCCC(=O)Nc1ccc(Br)c(N)c1. The second kappa shape index (κ2) is 6.50. The molecular weight excluding hydrogens is 272 g/mol. The lowest BCUT2D eigenvalue weighted by atomic mass is 10.2. The van der Waals surface area contributed by atoms with Crippen molar-refractivity contribution < 1.29 is 9.53 Å². The van der Waals surface area contributed by atoms with Gasteiger partial charge in [0.05, 0.1) is 13.0 Å². The van der Waals surface area contributed by atoms with Gasteiger partial charge >= 0.3 is 0 Å². The summed E-state index contributed by atoms with van der Waals surface area (Å²) in [5, 5.41) is 2.75. The van der Waals surface area contributed by atoms with Crippen LogP contribution in [0.1, 0.15) is 13.3 Å². The highest BCUT2D eigenvalue weighted by molar-refractivity contribution is 9.10. The number of hydrogen-bond donors (Lipinski definition) is 2. The van der Waals surface area contributed by atoms with Gasteiger partial charge in [-0.15, -0.1) is 0 Å². The van der Waals surface area contributed by atoms with Crippen LogP contribution in [0.25, 0.3) is 0 Å². The maximum atomic E-state index is 11.4. The standard InChI is InChI=1S/C11H15BrN2O2/c1-2-16-6-5-11(15)14-8-3-4-9(12)10(13)7-8/h3-4,7H,2,5-6,13H2,1H3,(H,14,15). The highest BCUT2D eigenvalue weighted by Crippen LogP contribution is 2.22. The van der Waals surface area contributed by atoms with Gasteiger partial charge in [-0.2, -0.15) is 0 Å². The van der Waals surface area contributed by atoms with Crippen LogP contribution in [0.3, 0.4) is 0 Å². The zero-order valence-corrected chi connectivity index (χ0v) is 10.7. The number of rotatable bonds is 5. The molecular formula is C11H15BrN2O2. The molecule has 88 valence electrons. The van der Waals surface area contributed by atoms with Crippen molar-refractivity contribution in [3.05, 3.63) is 22.7 Å². The van der Waals surface area contributed by atoms with Crippen molar-refractivity contribution in [1.29, 1.82) is 0 Å². The quantitative estimate of drug-likeness (QED) is 0.645. The van der Waals surface area contributed by atoms with Gasteiger partial charge in [0, 0.05) is 22.5 Å². The molecule has 0 aliphatic carbocycles.